The monoisotopic (exact) mass is 448 g/mol. The van der Waals surface area contributed by atoms with E-state index >= 15 is 0 Å². The Kier molecular flexibility index (Phi) is 5.95. The summed E-state index contributed by atoms with van der Waals surface area (Å²) in [7, 11) is -0.466. The Hall–Kier alpha value is -2.23. The minimum atomic E-state index is -3.68. The lowest BCUT2D eigenvalue weighted by molar-refractivity contribution is -0.115. The third-order valence-electron chi connectivity index (χ3n) is 5.48. The molecule has 30 heavy (non-hydrogen) atoms. The number of nitrogens with zero attached hydrogens (tertiary/aromatic N) is 1. The zero-order valence-electron chi connectivity index (χ0n) is 16.9. The van der Waals surface area contributed by atoms with Crippen molar-refractivity contribution < 1.29 is 22.7 Å². The topological polar surface area (TPSA) is 84.9 Å². The highest BCUT2D eigenvalue weighted by Crippen LogP contribution is 2.39. The molecule has 2 heterocycles. The van der Waals surface area contributed by atoms with Crippen LogP contribution in [0.25, 0.3) is 0 Å². The van der Waals surface area contributed by atoms with E-state index in [1.54, 1.807) is 44.2 Å². The fourth-order valence-electron chi connectivity index (χ4n) is 3.87. The molecule has 7 nitrogen and oxygen atoms in total. The molecule has 0 aliphatic carbocycles. The quantitative estimate of drug-likeness (QED) is 0.755. The van der Waals surface area contributed by atoms with Gasteiger partial charge >= 0.3 is 0 Å². The van der Waals surface area contributed by atoms with E-state index in [1.165, 1.54) is 4.31 Å². The second kappa shape index (κ2) is 8.49. The summed E-state index contributed by atoms with van der Waals surface area (Å²) in [5.41, 5.74) is 1.51. The van der Waals surface area contributed by atoms with Crippen LogP contribution in [-0.4, -0.2) is 51.7 Å². The van der Waals surface area contributed by atoms with Gasteiger partial charge in [-0.25, -0.2) is 8.42 Å². The first-order chi connectivity index (χ1) is 14.4. The molecule has 0 spiro atoms. The molecule has 160 valence electrons. The van der Waals surface area contributed by atoms with Crippen molar-refractivity contribution in [2.75, 3.05) is 38.4 Å². The number of carbonyl (C=O) groups excluding carboxylic acids is 1. The summed E-state index contributed by atoms with van der Waals surface area (Å²) in [6.45, 7) is 0.787. The average Bonchev–Trinajstić information content (AvgIpc) is 3.17. The molecule has 1 saturated heterocycles. The lowest BCUT2D eigenvalue weighted by Gasteiger charge is -2.19. The smallest absolute Gasteiger partial charge is 0.243 e. The fourth-order valence-corrected chi connectivity index (χ4v) is 6.33. The number of methoxy groups -OCH3 is 2. The van der Waals surface area contributed by atoms with Crippen LogP contribution < -0.4 is 14.8 Å². The Morgan fingerprint density at radius 3 is 2.73 bits per heavy atom. The zero-order valence-corrected chi connectivity index (χ0v) is 18.5. The number of hydrogen-bond donors (Lipinski definition) is 1. The van der Waals surface area contributed by atoms with Gasteiger partial charge in [-0.3, -0.25) is 4.79 Å². The number of thioether (sulfide) groups is 1. The maximum absolute atomic E-state index is 13.3. The van der Waals surface area contributed by atoms with Gasteiger partial charge < -0.3 is 14.8 Å². The third-order valence-corrected chi connectivity index (χ3v) is 8.41. The number of fused-ring (bicyclic) bond motifs is 1. The van der Waals surface area contributed by atoms with E-state index in [4.69, 9.17) is 9.47 Å². The second-order valence-corrected chi connectivity index (χ2v) is 10.3. The van der Waals surface area contributed by atoms with E-state index < -0.39 is 10.0 Å². The minimum Gasteiger partial charge on any atom is -0.497 e. The van der Waals surface area contributed by atoms with Gasteiger partial charge in [-0.05, 0) is 42.8 Å². The Labute approximate surface area is 180 Å². The summed E-state index contributed by atoms with van der Waals surface area (Å²) in [6.07, 6.45) is 1.11. The van der Waals surface area contributed by atoms with E-state index in [2.05, 4.69) is 5.32 Å². The van der Waals surface area contributed by atoms with Gasteiger partial charge in [0, 0.05) is 41.6 Å². The molecule has 1 atom stereocenters. The average molecular weight is 449 g/mol. The normalized spacial score (nSPS) is 19.7. The van der Waals surface area contributed by atoms with Crippen LogP contribution in [0.1, 0.15) is 24.3 Å². The van der Waals surface area contributed by atoms with Crippen LogP contribution in [-0.2, 0) is 14.8 Å². The molecule has 2 aromatic carbocycles. The van der Waals surface area contributed by atoms with Crippen molar-refractivity contribution in [2.24, 2.45) is 0 Å². The molecular formula is C21H24N2O5S2. The van der Waals surface area contributed by atoms with Crippen molar-refractivity contribution in [3.8, 4) is 11.5 Å². The zero-order chi connectivity index (χ0) is 21.3. The predicted molar refractivity (Wildman–Crippen MR) is 116 cm³/mol. The van der Waals surface area contributed by atoms with Crippen molar-refractivity contribution in [2.45, 2.75) is 28.6 Å². The maximum atomic E-state index is 13.3. The van der Waals surface area contributed by atoms with Gasteiger partial charge in [0.15, 0.2) is 0 Å². The van der Waals surface area contributed by atoms with E-state index in [1.807, 2.05) is 18.2 Å². The number of nitrogens with one attached hydrogen (secondary N) is 1. The van der Waals surface area contributed by atoms with Gasteiger partial charge in [0.1, 0.15) is 11.5 Å². The van der Waals surface area contributed by atoms with Crippen molar-refractivity contribution in [1.29, 1.82) is 0 Å². The molecular weight excluding hydrogens is 424 g/mol. The van der Waals surface area contributed by atoms with Crippen molar-refractivity contribution in [3.63, 3.8) is 0 Å². The summed E-state index contributed by atoms with van der Waals surface area (Å²) in [5.74, 6) is 2.04. The Balaban J connectivity index is 1.59. The van der Waals surface area contributed by atoms with Crippen LogP contribution in [0.15, 0.2) is 46.2 Å². The number of sulfonamides is 1. The van der Waals surface area contributed by atoms with Crippen molar-refractivity contribution >= 4 is 33.4 Å². The first-order valence-corrected chi connectivity index (χ1v) is 12.1. The molecule has 4 rings (SSSR count). The Bertz CT molecular complexity index is 1070. The van der Waals surface area contributed by atoms with Crippen LogP contribution in [0.2, 0.25) is 0 Å². The molecule has 9 heteroatoms. The number of ether oxygens (including phenoxy) is 2. The molecule has 0 aromatic heterocycles. The van der Waals surface area contributed by atoms with Crippen LogP contribution in [0.4, 0.5) is 5.69 Å². The first kappa shape index (κ1) is 21.0. The second-order valence-electron chi connectivity index (χ2n) is 7.26. The molecule has 0 saturated carbocycles. The standard InChI is InChI=1S/C21H24N2O5S2/c1-27-15-3-5-19(28-2)17(11-15)14-7-9-23(13-14)30(25,26)16-4-6-20-18(12-16)22-21(24)8-10-29-20/h3-6,11-12,14H,7-10,13H2,1-2H3,(H,22,24). The van der Waals surface area contributed by atoms with Crippen LogP contribution in [0.3, 0.4) is 0 Å². The summed E-state index contributed by atoms with van der Waals surface area (Å²) in [5, 5.41) is 2.81. The SMILES string of the molecule is COc1ccc(OC)c(C2CCN(S(=O)(=O)c3ccc4c(c3)NC(=O)CCS4)C2)c1. The first-order valence-electron chi connectivity index (χ1n) is 9.71. The molecule has 1 fully saturated rings. The van der Waals surface area contributed by atoms with Gasteiger partial charge in [0.25, 0.3) is 0 Å². The van der Waals surface area contributed by atoms with Gasteiger partial charge in [-0.1, -0.05) is 0 Å². The molecule has 0 radical (unpaired) electrons. The number of rotatable bonds is 5. The highest BCUT2D eigenvalue weighted by molar-refractivity contribution is 7.99. The molecule has 1 unspecified atom stereocenters. The Morgan fingerprint density at radius 2 is 1.97 bits per heavy atom. The lowest BCUT2D eigenvalue weighted by atomic mass is 9.97. The number of hydrogen-bond acceptors (Lipinski definition) is 6. The van der Waals surface area contributed by atoms with Crippen molar-refractivity contribution in [3.05, 3.63) is 42.0 Å². The highest BCUT2D eigenvalue weighted by Gasteiger charge is 2.35. The molecule has 1 N–H and O–H groups in total. The van der Waals surface area contributed by atoms with Crippen molar-refractivity contribution in [1.82, 2.24) is 4.31 Å². The predicted octanol–water partition coefficient (Wildman–Crippen LogP) is 3.32. The summed E-state index contributed by atoms with van der Waals surface area (Å²) >= 11 is 1.55. The number of amides is 1. The van der Waals surface area contributed by atoms with Gasteiger partial charge in [-0.2, -0.15) is 4.31 Å². The number of carbonyl (C=O) groups is 1. The van der Waals surface area contributed by atoms with E-state index in [9.17, 15) is 13.2 Å². The molecule has 2 aliphatic heterocycles. The summed E-state index contributed by atoms with van der Waals surface area (Å²) < 4.78 is 38.9. The van der Waals surface area contributed by atoms with E-state index in [-0.39, 0.29) is 16.7 Å². The molecule has 2 aromatic rings. The van der Waals surface area contributed by atoms with Gasteiger partial charge in [0.2, 0.25) is 15.9 Å². The molecule has 1 amide bonds. The molecule has 2 aliphatic rings. The highest BCUT2D eigenvalue weighted by atomic mass is 32.2. The largest absolute Gasteiger partial charge is 0.497 e. The summed E-state index contributed by atoms with van der Waals surface area (Å²) in [4.78, 5) is 13.0. The number of benzene rings is 2. The van der Waals surface area contributed by atoms with Crippen LogP contribution in [0, 0.1) is 0 Å². The van der Waals surface area contributed by atoms with E-state index in [0.717, 1.165) is 16.2 Å². The molecule has 0 bridgehead atoms. The van der Waals surface area contributed by atoms with Gasteiger partial charge in [0.05, 0.1) is 24.8 Å². The summed E-state index contributed by atoms with van der Waals surface area (Å²) in [6, 6.07) is 10.6. The Morgan fingerprint density at radius 1 is 1.13 bits per heavy atom. The third kappa shape index (κ3) is 4.01. The van der Waals surface area contributed by atoms with E-state index in [0.29, 0.717) is 43.1 Å². The fraction of sp³-hybridized carbons (Fsp3) is 0.381. The maximum Gasteiger partial charge on any atom is 0.243 e. The van der Waals surface area contributed by atoms with Gasteiger partial charge in [-0.15, -0.1) is 11.8 Å². The van der Waals surface area contributed by atoms with Crippen LogP contribution in [0.5, 0.6) is 11.5 Å². The lowest BCUT2D eigenvalue weighted by Crippen LogP contribution is -2.28. The number of anilines is 1. The minimum absolute atomic E-state index is 0.0147. The van der Waals surface area contributed by atoms with Crippen LogP contribution >= 0.6 is 11.8 Å².